The fourth-order valence-electron chi connectivity index (χ4n) is 4.37. The highest BCUT2D eigenvalue weighted by Crippen LogP contribution is 2.28. The largest absolute Gasteiger partial charge is 0.353 e. The second-order valence-corrected chi connectivity index (χ2v) is 9.03. The molecule has 1 fully saturated rings. The maximum Gasteiger partial charge on any atom is 0.317 e. The van der Waals surface area contributed by atoms with Crippen LogP contribution in [0.25, 0.3) is 11.4 Å². The zero-order valence-corrected chi connectivity index (χ0v) is 20.6. The van der Waals surface area contributed by atoms with Crippen LogP contribution in [-0.4, -0.2) is 53.6 Å². The van der Waals surface area contributed by atoms with Gasteiger partial charge in [0.25, 0.3) is 0 Å². The average molecular weight is 458 g/mol. The number of unbranched alkanes of at least 4 members (excludes halogenated alkanes) is 1. The highest BCUT2D eigenvalue weighted by atomic mass is 16.2. The summed E-state index contributed by atoms with van der Waals surface area (Å²) in [5, 5.41) is 3.04. The molecule has 1 saturated heterocycles. The number of carbonyl (C=O) groups excluding carboxylic acids is 1. The number of carbonyl (C=O) groups is 1. The van der Waals surface area contributed by atoms with Gasteiger partial charge in [-0.3, -0.25) is 0 Å². The topological polar surface area (TPSA) is 61.4 Å². The summed E-state index contributed by atoms with van der Waals surface area (Å²) in [6.07, 6.45) is 2.87. The van der Waals surface area contributed by atoms with E-state index in [9.17, 15) is 4.79 Å². The Kier molecular flexibility index (Phi) is 7.78. The third-order valence-corrected chi connectivity index (χ3v) is 6.37. The Hall–Kier alpha value is -3.41. The van der Waals surface area contributed by atoms with Gasteiger partial charge in [-0.2, -0.15) is 0 Å². The van der Waals surface area contributed by atoms with E-state index in [2.05, 4.69) is 79.5 Å². The summed E-state index contributed by atoms with van der Waals surface area (Å²) in [6, 6.07) is 18.9. The van der Waals surface area contributed by atoms with Crippen molar-refractivity contribution in [1.82, 2.24) is 20.2 Å². The lowest BCUT2D eigenvalue weighted by atomic mass is 10.0. The van der Waals surface area contributed by atoms with Crippen LogP contribution in [0.2, 0.25) is 0 Å². The van der Waals surface area contributed by atoms with Crippen LogP contribution in [0.1, 0.15) is 42.1 Å². The fourth-order valence-corrected chi connectivity index (χ4v) is 4.37. The van der Waals surface area contributed by atoms with Gasteiger partial charge in [0.2, 0.25) is 0 Å². The fraction of sp³-hybridized carbons (Fsp3) is 0.393. The number of benzene rings is 2. The van der Waals surface area contributed by atoms with Gasteiger partial charge in [0, 0.05) is 56.0 Å². The van der Waals surface area contributed by atoms with E-state index in [-0.39, 0.29) is 6.03 Å². The van der Waals surface area contributed by atoms with Gasteiger partial charge in [-0.15, -0.1) is 0 Å². The van der Waals surface area contributed by atoms with E-state index < -0.39 is 0 Å². The Labute approximate surface area is 203 Å². The van der Waals surface area contributed by atoms with Crippen LogP contribution in [0.4, 0.5) is 10.6 Å². The summed E-state index contributed by atoms with van der Waals surface area (Å²) in [7, 11) is 0. The van der Waals surface area contributed by atoms with Crippen molar-refractivity contribution in [2.24, 2.45) is 0 Å². The van der Waals surface area contributed by atoms with Crippen LogP contribution in [0.3, 0.4) is 0 Å². The van der Waals surface area contributed by atoms with Crippen LogP contribution in [-0.2, 0) is 6.42 Å². The minimum absolute atomic E-state index is 0.0388. The number of aromatic nitrogens is 2. The maximum absolute atomic E-state index is 12.5. The summed E-state index contributed by atoms with van der Waals surface area (Å²) in [4.78, 5) is 26.8. The molecule has 178 valence electrons. The highest BCUT2D eigenvalue weighted by molar-refractivity contribution is 5.74. The molecule has 1 N–H and O–H groups in total. The third kappa shape index (κ3) is 5.74. The number of hydrogen-bond acceptors (Lipinski definition) is 4. The number of nitrogens with zero attached hydrogens (tertiary/aromatic N) is 4. The molecule has 1 aromatic heterocycles. The number of anilines is 1. The molecule has 6 nitrogen and oxygen atoms in total. The first kappa shape index (κ1) is 23.7. The molecular formula is C28H35N5O. The van der Waals surface area contributed by atoms with E-state index in [1.807, 2.05) is 11.0 Å². The summed E-state index contributed by atoms with van der Waals surface area (Å²) < 4.78 is 0. The molecular weight excluding hydrogens is 422 g/mol. The van der Waals surface area contributed by atoms with Crippen LogP contribution in [0.15, 0.2) is 54.6 Å². The first-order chi connectivity index (χ1) is 16.5. The van der Waals surface area contributed by atoms with Gasteiger partial charge in [-0.1, -0.05) is 67.4 Å². The van der Waals surface area contributed by atoms with Gasteiger partial charge < -0.3 is 15.1 Å². The van der Waals surface area contributed by atoms with Gasteiger partial charge in [0.1, 0.15) is 5.82 Å². The molecule has 2 heterocycles. The van der Waals surface area contributed by atoms with E-state index >= 15 is 0 Å². The molecule has 0 unspecified atom stereocenters. The van der Waals surface area contributed by atoms with Crippen molar-refractivity contribution >= 4 is 11.8 Å². The zero-order valence-electron chi connectivity index (χ0n) is 20.6. The first-order valence-electron chi connectivity index (χ1n) is 12.3. The minimum atomic E-state index is 0.0388. The normalized spacial score (nSPS) is 13.7. The second-order valence-electron chi connectivity index (χ2n) is 9.03. The number of amides is 2. The Morgan fingerprint density at radius 1 is 0.971 bits per heavy atom. The van der Waals surface area contributed by atoms with Gasteiger partial charge >= 0.3 is 6.03 Å². The second kappa shape index (κ2) is 11.1. The van der Waals surface area contributed by atoms with Crippen LogP contribution in [0, 0.1) is 13.8 Å². The number of nitrogens with one attached hydrogen (secondary N) is 1. The van der Waals surface area contributed by atoms with Crippen LogP contribution >= 0.6 is 0 Å². The summed E-state index contributed by atoms with van der Waals surface area (Å²) >= 11 is 0. The lowest BCUT2D eigenvalue weighted by molar-refractivity contribution is 0.194. The molecule has 34 heavy (non-hydrogen) atoms. The van der Waals surface area contributed by atoms with Crippen molar-refractivity contribution in [2.45, 2.75) is 40.0 Å². The SMILES string of the molecule is CCCCNC(=O)N1CCN(c2nc(-c3cccc(C)c3)nc(C)c2Cc2ccccc2)CC1. The van der Waals surface area contributed by atoms with Crippen molar-refractivity contribution in [1.29, 1.82) is 0 Å². The van der Waals surface area contributed by atoms with Gasteiger partial charge in [-0.05, 0) is 31.9 Å². The number of urea groups is 1. The van der Waals surface area contributed by atoms with Gasteiger partial charge in [-0.25, -0.2) is 14.8 Å². The smallest absolute Gasteiger partial charge is 0.317 e. The molecule has 0 atom stereocenters. The standard InChI is InChI=1S/C28H35N5O/c1-4-5-14-29-28(34)33-17-15-32(16-18-33)27-25(20-23-11-7-6-8-12-23)22(3)30-26(31-27)24-13-9-10-21(2)19-24/h6-13,19H,4-5,14-18,20H2,1-3H3,(H,29,34). The predicted molar refractivity (Wildman–Crippen MR) is 138 cm³/mol. The maximum atomic E-state index is 12.5. The van der Waals surface area contributed by atoms with Crippen LogP contribution < -0.4 is 10.2 Å². The molecule has 4 rings (SSSR count). The first-order valence-corrected chi connectivity index (χ1v) is 12.3. The van der Waals surface area contributed by atoms with Crippen molar-refractivity contribution in [2.75, 3.05) is 37.6 Å². The number of rotatable bonds is 7. The van der Waals surface area contributed by atoms with E-state index in [4.69, 9.17) is 9.97 Å². The quantitative estimate of drug-likeness (QED) is 0.508. The minimum Gasteiger partial charge on any atom is -0.353 e. The Morgan fingerprint density at radius 2 is 1.74 bits per heavy atom. The zero-order chi connectivity index (χ0) is 23.9. The lowest BCUT2D eigenvalue weighted by Crippen LogP contribution is -2.52. The Balaban J connectivity index is 1.61. The monoisotopic (exact) mass is 457 g/mol. The predicted octanol–water partition coefficient (Wildman–Crippen LogP) is 4.98. The van der Waals surface area contributed by atoms with Crippen molar-refractivity contribution in [3.8, 4) is 11.4 Å². The number of piperazine rings is 1. The van der Waals surface area contributed by atoms with Gasteiger partial charge in [0.05, 0.1) is 0 Å². The summed E-state index contributed by atoms with van der Waals surface area (Å²) in [5.41, 5.74) is 5.63. The molecule has 0 saturated carbocycles. The molecule has 0 aliphatic carbocycles. The molecule has 3 aromatic rings. The van der Waals surface area contributed by atoms with Crippen molar-refractivity contribution in [3.05, 3.63) is 77.0 Å². The van der Waals surface area contributed by atoms with Crippen LogP contribution in [0.5, 0.6) is 0 Å². The molecule has 0 spiro atoms. The summed E-state index contributed by atoms with van der Waals surface area (Å²) in [5.74, 6) is 1.74. The summed E-state index contributed by atoms with van der Waals surface area (Å²) in [6.45, 7) is 9.93. The van der Waals surface area contributed by atoms with Crippen molar-refractivity contribution in [3.63, 3.8) is 0 Å². The Bertz CT molecular complexity index is 1110. The average Bonchev–Trinajstić information content (AvgIpc) is 2.86. The highest BCUT2D eigenvalue weighted by Gasteiger charge is 2.25. The molecule has 0 bridgehead atoms. The lowest BCUT2D eigenvalue weighted by Gasteiger charge is -2.36. The molecule has 0 radical (unpaired) electrons. The Morgan fingerprint density at radius 3 is 2.44 bits per heavy atom. The van der Waals surface area contributed by atoms with E-state index in [1.54, 1.807) is 0 Å². The molecule has 1 aliphatic rings. The van der Waals surface area contributed by atoms with E-state index in [0.717, 1.165) is 67.4 Å². The number of hydrogen-bond donors (Lipinski definition) is 1. The van der Waals surface area contributed by atoms with Gasteiger partial charge in [0.15, 0.2) is 5.82 Å². The third-order valence-electron chi connectivity index (χ3n) is 6.37. The number of aryl methyl sites for hydroxylation is 2. The van der Waals surface area contributed by atoms with E-state index in [1.165, 1.54) is 11.1 Å². The van der Waals surface area contributed by atoms with Crippen molar-refractivity contribution < 1.29 is 4.79 Å². The molecule has 2 amide bonds. The molecule has 2 aromatic carbocycles. The van der Waals surface area contributed by atoms with E-state index in [0.29, 0.717) is 13.1 Å². The molecule has 6 heteroatoms. The molecule has 1 aliphatic heterocycles.